The van der Waals surface area contributed by atoms with Gasteiger partial charge in [0.05, 0.1) is 0 Å². The van der Waals surface area contributed by atoms with Crippen LogP contribution in [0.2, 0.25) is 0 Å². The first kappa shape index (κ1) is 10.3. The van der Waals surface area contributed by atoms with Gasteiger partial charge in [-0.3, -0.25) is 0 Å². The van der Waals surface area contributed by atoms with Crippen molar-refractivity contribution >= 4 is 6.29 Å². The maximum absolute atomic E-state index is 11.0. The van der Waals surface area contributed by atoms with Crippen LogP contribution in [0, 0.1) is 23.2 Å². The van der Waals surface area contributed by atoms with Crippen LogP contribution in [0.4, 0.5) is 0 Å². The van der Waals surface area contributed by atoms with Crippen molar-refractivity contribution in [2.45, 2.75) is 46.0 Å². The van der Waals surface area contributed by atoms with Crippen LogP contribution in [0.25, 0.3) is 0 Å². The maximum atomic E-state index is 11.0. The summed E-state index contributed by atoms with van der Waals surface area (Å²) in [6.07, 6.45) is 6.34. The monoisotopic (exact) mass is 178 g/mol. The lowest BCUT2D eigenvalue weighted by Crippen LogP contribution is -2.27. The zero-order valence-corrected chi connectivity index (χ0v) is 8.60. The van der Waals surface area contributed by atoms with Crippen molar-refractivity contribution in [2.75, 3.05) is 0 Å². The van der Waals surface area contributed by atoms with Crippen molar-refractivity contribution in [1.29, 1.82) is 0 Å². The minimum Gasteiger partial charge on any atom is -0.303 e. The zero-order valence-electron chi connectivity index (χ0n) is 8.60. The Balaban J connectivity index is 2.58. The van der Waals surface area contributed by atoms with E-state index >= 15 is 0 Å². The van der Waals surface area contributed by atoms with Crippen LogP contribution in [0.5, 0.6) is 0 Å². The topological polar surface area (TPSA) is 17.1 Å². The van der Waals surface area contributed by atoms with E-state index in [4.69, 9.17) is 0 Å². The second-order valence-electron chi connectivity index (χ2n) is 4.27. The van der Waals surface area contributed by atoms with Crippen LogP contribution in [0.15, 0.2) is 0 Å². The second-order valence-corrected chi connectivity index (χ2v) is 4.27. The molecule has 0 aromatic carbocycles. The Morgan fingerprint density at radius 2 is 2.08 bits per heavy atom. The summed E-state index contributed by atoms with van der Waals surface area (Å²) in [5.41, 5.74) is -0.102. The molecule has 72 valence electrons. The van der Waals surface area contributed by atoms with E-state index in [1.807, 2.05) is 6.92 Å². The van der Waals surface area contributed by atoms with Gasteiger partial charge in [-0.1, -0.05) is 6.92 Å². The first-order chi connectivity index (χ1) is 6.22. The van der Waals surface area contributed by atoms with Gasteiger partial charge < -0.3 is 4.79 Å². The quantitative estimate of drug-likeness (QED) is 0.469. The highest BCUT2D eigenvalue weighted by atomic mass is 16.1. The standard InChI is InChI=1S/C12H18O/c1-3-4-7-12(10-13)8-5-11(2)6-9-12/h10-11H,5-9H2,1-2H3. The zero-order chi connectivity index (χ0) is 9.73. The van der Waals surface area contributed by atoms with Crippen molar-refractivity contribution < 1.29 is 4.79 Å². The van der Waals surface area contributed by atoms with Gasteiger partial charge in [0.1, 0.15) is 6.29 Å². The predicted molar refractivity (Wildman–Crippen MR) is 54.2 cm³/mol. The maximum Gasteiger partial charge on any atom is 0.127 e. The lowest BCUT2D eigenvalue weighted by atomic mass is 9.70. The summed E-state index contributed by atoms with van der Waals surface area (Å²) in [6, 6.07) is 0. The molecule has 0 spiro atoms. The third kappa shape index (κ3) is 2.59. The lowest BCUT2D eigenvalue weighted by molar-refractivity contribution is -0.118. The van der Waals surface area contributed by atoms with Gasteiger partial charge in [0, 0.05) is 11.8 Å². The first-order valence-corrected chi connectivity index (χ1v) is 5.08. The third-order valence-electron chi connectivity index (χ3n) is 3.14. The van der Waals surface area contributed by atoms with E-state index in [1.165, 1.54) is 12.8 Å². The molecule has 0 bridgehead atoms. The van der Waals surface area contributed by atoms with Gasteiger partial charge in [0.25, 0.3) is 0 Å². The van der Waals surface area contributed by atoms with Gasteiger partial charge in [0.15, 0.2) is 0 Å². The van der Waals surface area contributed by atoms with Gasteiger partial charge in [-0.2, -0.15) is 0 Å². The third-order valence-corrected chi connectivity index (χ3v) is 3.14. The minimum atomic E-state index is -0.102. The molecular weight excluding hydrogens is 160 g/mol. The minimum absolute atomic E-state index is 0.102. The Kier molecular flexibility index (Phi) is 3.54. The molecule has 1 aliphatic carbocycles. The van der Waals surface area contributed by atoms with Crippen molar-refractivity contribution in [3.63, 3.8) is 0 Å². The number of hydrogen-bond donors (Lipinski definition) is 0. The normalized spacial score (nSPS) is 33.2. The molecule has 1 fully saturated rings. The van der Waals surface area contributed by atoms with Crippen LogP contribution in [0.3, 0.4) is 0 Å². The molecule has 1 saturated carbocycles. The highest BCUT2D eigenvalue weighted by molar-refractivity contribution is 5.60. The Bertz CT molecular complexity index is 223. The molecule has 0 N–H and O–H groups in total. The molecule has 1 aliphatic rings. The smallest absolute Gasteiger partial charge is 0.127 e. The molecule has 0 aromatic rings. The summed E-state index contributed by atoms with van der Waals surface area (Å²) in [7, 11) is 0. The van der Waals surface area contributed by atoms with Gasteiger partial charge >= 0.3 is 0 Å². The van der Waals surface area contributed by atoms with Gasteiger partial charge in [-0.05, 0) is 38.5 Å². The fourth-order valence-electron chi connectivity index (χ4n) is 1.94. The van der Waals surface area contributed by atoms with Gasteiger partial charge in [-0.25, -0.2) is 0 Å². The SMILES string of the molecule is CC#CCC1(C=O)CCC(C)CC1. The van der Waals surface area contributed by atoms with E-state index in [0.717, 1.165) is 31.5 Å². The molecule has 0 amide bonds. The van der Waals surface area contributed by atoms with E-state index in [-0.39, 0.29) is 5.41 Å². The Labute approximate surface area is 80.9 Å². The van der Waals surface area contributed by atoms with E-state index in [9.17, 15) is 4.79 Å². The molecule has 0 aromatic heterocycles. The molecule has 0 radical (unpaired) electrons. The van der Waals surface area contributed by atoms with Gasteiger partial charge in [-0.15, -0.1) is 11.8 Å². The molecule has 0 atom stereocenters. The fraction of sp³-hybridized carbons (Fsp3) is 0.750. The molecule has 13 heavy (non-hydrogen) atoms. The Hall–Kier alpha value is -0.770. The van der Waals surface area contributed by atoms with Crippen LogP contribution in [-0.2, 0) is 4.79 Å². The van der Waals surface area contributed by atoms with Crippen molar-refractivity contribution in [2.24, 2.45) is 11.3 Å². The highest BCUT2D eigenvalue weighted by Crippen LogP contribution is 2.39. The van der Waals surface area contributed by atoms with E-state index in [2.05, 4.69) is 18.8 Å². The largest absolute Gasteiger partial charge is 0.303 e. The van der Waals surface area contributed by atoms with Crippen molar-refractivity contribution in [1.82, 2.24) is 0 Å². The molecule has 0 aliphatic heterocycles. The summed E-state index contributed by atoms with van der Waals surface area (Å²) in [4.78, 5) is 11.0. The summed E-state index contributed by atoms with van der Waals surface area (Å²) < 4.78 is 0. The first-order valence-electron chi connectivity index (χ1n) is 5.08. The fourth-order valence-corrected chi connectivity index (χ4v) is 1.94. The van der Waals surface area contributed by atoms with Crippen LogP contribution in [-0.4, -0.2) is 6.29 Å². The van der Waals surface area contributed by atoms with Gasteiger partial charge in [0.2, 0.25) is 0 Å². The number of aldehydes is 1. The Morgan fingerprint density at radius 3 is 2.54 bits per heavy atom. The number of carbonyl (C=O) groups is 1. The van der Waals surface area contributed by atoms with E-state index in [1.54, 1.807) is 0 Å². The average Bonchev–Trinajstić information content (AvgIpc) is 2.18. The molecule has 0 saturated heterocycles. The highest BCUT2D eigenvalue weighted by Gasteiger charge is 2.32. The number of rotatable bonds is 2. The van der Waals surface area contributed by atoms with Crippen molar-refractivity contribution in [3.8, 4) is 11.8 Å². The number of carbonyl (C=O) groups excluding carboxylic acids is 1. The van der Waals surface area contributed by atoms with E-state index < -0.39 is 0 Å². The van der Waals surface area contributed by atoms with Crippen molar-refractivity contribution in [3.05, 3.63) is 0 Å². The average molecular weight is 178 g/mol. The van der Waals surface area contributed by atoms with Crippen LogP contribution in [0.1, 0.15) is 46.0 Å². The molecule has 1 heteroatoms. The molecule has 1 rings (SSSR count). The summed E-state index contributed by atoms with van der Waals surface area (Å²) in [5.74, 6) is 6.71. The molecule has 0 unspecified atom stereocenters. The summed E-state index contributed by atoms with van der Waals surface area (Å²) >= 11 is 0. The summed E-state index contributed by atoms with van der Waals surface area (Å²) in [5, 5.41) is 0. The second kappa shape index (κ2) is 4.46. The number of hydrogen-bond acceptors (Lipinski definition) is 1. The van der Waals surface area contributed by atoms with Crippen LogP contribution < -0.4 is 0 Å². The summed E-state index contributed by atoms with van der Waals surface area (Å²) in [6.45, 7) is 4.10. The Morgan fingerprint density at radius 1 is 1.46 bits per heavy atom. The lowest BCUT2D eigenvalue weighted by Gasteiger charge is -2.33. The molecule has 1 nitrogen and oxygen atoms in total. The van der Waals surface area contributed by atoms with E-state index in [0.29, 0.717) is 0 Å². The molecule has 0 heterocycles. The molecular formula is C12H18O. The van der Waals surface area contributed by atoms with Crippen LogP contribution >= 0.6 is 0 Å². The predicted octanol–water partition coefficient (Wildman–Crippen LogP) is 2.80.